The van der Waals surface area contributed by atoms with Gasteiger partial charge < -0.3 is 4.90 Å². The smallest absolute Gasteiger partial charge is 0.0200 e. The highest BCUT2D eigenvalue weighted by molar-refractivity contribution is 4.86. The van der Waals surface area contributed by atoms with Crippen LogP contribution in [0.5, 0.6) is 0 Å². The second-order valence-electron chi connectivity index (χ2n) is 3.41. The molecule has 0 aliphatic carbocycles. The van der Waals surface area contributed by atoms with Crippen LogP contribution in [0.1, 0.15) is 12.8 Å². The Labute approximate surface area is 62.8 Å². The highest BCUT2D eigenvalue weighted by Gasteiger charge is 2.26. The van der Waals surface area contributed by atoms with Crippen molar-refractivity contribution in [3.05, 3.63) is 7.05 Å². The second-order valence-corrected chi connectivity index (χ2v) is 3.41. The summed E-state index contributed by atoms with van der Waals surface area (Å²) in [5.74, 6) is 0. The quantitative estimate of drug-likeness (QED) is 0.452. The van der Waals surface area contributed by atoms with E-state index in [1.54, 1.807) is 0 Å². The summed E-state index contributed by atoms with van der Waals surface area (Å²) in [7, 11) is 3.96. The van der Waals surface area contributed by atoms with E-state index in [4.69, 9.17) is 0 Å². The first kappa shape index (κ1) is 6.62. The largest absolute Gasteiger partial charge is 0.457 e. The molecule has 0 spiro atoms. The van der Waals surface area contributed by atoms with Crippen molar-refractivity contribution in [2.24, 2.45) is 0 Å². The van der Waals surface area contributed by atoms with Crippen molar-refractivity contribution in [2.75, 3.05) is 26.2 Å². The summed E-state index contributed by atoms with van der Waals surface area (Å²) in [5.41, 5.74) is 0. The molecule has 10 heavy (non-hydrogen) atoms. The van der Waals surface area contributed by atoms with E-state index in [0.29, 0.717) is 0 Å². The number of piperazine rings is 1. The first-order valence-electron chi connectivity index (χ1n) is 4.16. The topological polar surface area (TPSA) is 6.48 Å². The van der Waals surface area contributed by atoms with Gasteiger partial charge in [-0.15, -0.1) is 0 Å². The lowest BCUT2D eigenvalue weighted by Crippen LogP contribution is -2.47. The lowest BCUT2D eigenvalue weighted by atomic mass is 10.2. The zero-order chi connectivity index (χ0) is 6.97. The van der Waals surface area contributed by atoms with E-state index in [1.165, 1.54) is 32.5 Å². The van der Waals surface area contributed by atoms with Gasteiger partial charge in [-0.1, -0.05) is 0 Å². The molecule has 0 aromatic rings. The van der Waals surface area contributed by atoms with E-state index in [0.717, 1.165) is 12.6 Å². The average molecular weight is 139 g/mol. The van der Waals surface area contributed by atoms with E-state index >= 15 is 0 Å². The molecule has 0 aromatic heterocycles. The van der Waals surface area contributed by atoms with Crippen LogP contribution in [0.4, 0.5) is 0 Å². The van der Waals surface area contributed by atoms with Crippen LogP contribution in [0.3, 0.4) is 0 Å². The maximum Gasteiger partial charge on any atom is 0.0200 e. The lowest BCUT2D eigenvalue weighted by Gasteiger charge is -2.39. The highest BCUT2D eigenvalue weighted by Crippen LogP contribution is 2.20. The fourth-order valence-corrected chi connectivity index (χ4v) is 2.06. The zero-order valence-electron chi connectivity index (χ0n) is 6.42. The third-order valence-electron chi connectivity index (χ3n) is 2.67. The molecule has 2 aliphatic heterocycles. The van der Waals surface area contributed by atoms with Crippen LogP contribution < -0.4 is 0 Å². The molecule has 2 fully saturated rings. The minimum Gasteiger partial charge on any atom is -0.457 e. The standard InChI is InChI=1S/C8H15N2/c1-9-5-6-10-4-2-3-8(10)7-9/h8H,1-7H2/q-1. The van der Waals surface area contributed by atoms with Gasteiger partial charge in [0.2, 0.25) is 0 Å². The van der Waals surface area contributed by atoms with E-state index in [1.807, 2.05) is 0 Å². The van der Waals surface area contributed by atoms with E-state index in [-0.39, 0.29) is 0 Å². The molecule has 2 saturated heterocycles. The minimum atomic E-state index is 0.839. The van der Waals surface area contributed by atoms with Crippen molar-refractivity contribution in [3.63, 3.8) is 0 Å². The third-order valence-corrected chi connectivity index (χ3v) is 2.67. The fraction of sp³-hybridized carbons (Fsp3) is 0.875. The predicted molar refractivity (Wildman–Crippen MR) is 41.5 cm³/mol. The SMILES string of the molecule is [CH2-]N1CCN2CCCC2C1. The number of fused-ring (bicyclic) bond motifs is 1. The van der Waals surface area contributed by atoms with Crippen LogP contribution in [0.25, 0.3) is 0 Å². The van der Waals surface area contributed by atoms with Crippen molar-refractivity contribution in [3.8, 4) is 0 Å². The normalized spacial score (nSPS) is 36.3. The van der Waals surface area contributed by atoms with Crippen molar-refractivity contribution in [1.82, 2.24) is 9.80 Å². The van der Waals surface area contributed by atoms with Gasteiger partial charge in [-0.2, -0.15) is 0 Å². The summed E-state index contributed by atoms with van der Waals surface area (Å²) < 4.78 is 0. The number of nitrogens with zero attached hydrogens (tertiary/aromatic N) is 2. The number of hydrogen-bond acceptors (Lipinski definition) is 2. The summed E-state index contributed by atoms with van der Waals surface area (Å²) >= 11 is 0. The molecule has 1 unspecified atom stereocenters. The Bertz CT molecular complexity index is 124. The van der Waals surface area contributed by atoms with Crippen molar-refractivity contribution >= 4 is 0 Å². The van der Waals surface area contributed by atoms with Gasteiger partial charge in [0, 0.05) is 12.6 Å². The fourth-order valence-electron chi connectivity index (χ4n) is 2.06. The van der Waals surface area contributed by atoms with Crippen LogP contribution >= 0.6 is 0 Å². The molecule has 2 aliphatic rings. The van der Waals surface area contributed by atoms with Crippen molar-refractivity contribution < 1.29 is 0 Å². The molecule has 2 rings (SSSR count). The lowest BCUT2D eigenvalue weighted by molar-refractivity contribution is 0.136. The molecular formula is C8H15N2-. The van der Waals surface area contributed by atoms with Gasteiger partial charge in [0.15, 0.2) is 0 Å². The first-order valence-corrected chi connectivity index (χ1v) is 4.16. The Morgan fingerprint density at radius 1 is 1.20 bits per heavy atom. The van der Waals surface area contributed by atoms with E-state index in [9.17, 15) is 0 Å². The monoisotopic (exact) mass is 139 g/mol. The molecule has 0 N–H and O–H groups in total. The Morgan fingerprint density at radius 3 is 3.00 bits per heavy atom. The molecule has 2 heterocycles. The maximum atomic E-state index is 3.96. The Kier molecular flexibility index (Phi) is 1.66. The summed E-state index contributed by atoms with van der Waals surface area (Å²) in [6.45, 7) is 4.93. The van der Waals surface area contributed by atoms with E-state index < -0.39 is 0 Å². The van der Waals surface area contributed by atoms with Gasteiger partial charge >= 0.3 is 0 Å². The Balaban J connectivity index is 1.96. The number of rotatable bonds is 0. The Hall–Kier alpha value is -0.0800. The van der Waals surface area contributed by atoms with E-state index in [2.05, 4.69) is 16.8 Å². The molecule has 2 nitrogen and oxygen atoms in total. The predicted octanol–water partition coefficient (Wildman–Crippen LogP) is 0.558. The summed E-state index contributed by atoms with van der Waals surface area (Å²) in [6, 6.07) is 0.839. The summed E-state index contributed by atoms with van der Waals surface area (Å²) in [4.78, 5) is 4.80. The van der Waals surface area contributed by atoms with Gasteiger partial charge in [0.1, 0.15) is 0 Å². The third kappa shape index (κ3) is 1.06. The first-order chi connectivity index (χ1) is 4.86. The summed E-state index contributed by atoms with van der Waals surface area (Å²) in [5, 5.41) is 0. The van der Waals surface area contributed by atoms with Gasteiger partial charge in [0.25, 0.3) is 0 Å². The molecule has 0 aromatic carbocycles. The van der Waals surface area contributed by atoms with Gasteiger partial charge in [-0.05, 0) is 32.5 Å². The van der Waals surface area contributed by atoms with Crippen molar-refractivity contribution in [1.29, 1.82) is 0 Å². The molecule has 58 valence electrons. The van der Waals surface area contributed by atoms with Crippen LogP contribution in [0.15, 0.2) is 0 Å². The molecule has 0 radical (unpaired) electrons. The van der Waals surface area contributed by atoms with Gasteiger partial charge in [0.05, 0.1) is 0 Å². The molecule has 2 heteroatoms. The molecule has 0 bridgehead atoms. The highest BCUT2D eigenvalue weighted by atomic mass is 15.3. The maximum absolute atomic E-state index is 3.96. The molecular weight excluding hydrogens is 124 g/mol. The van der Waals surface area contributed by atoms with Crippen LogP contribution in [-0.2, 0) is 0 Å². The van der Waals surface area contributed by atoms with Crippen LogP contribution in [0.2, 0.25) is 0 Å². The second kappa shape index (κ2) is 2.51. The Morgan fingerprint density at radius 2 is 2.10 bits per heavy atom. The molecule has 1 atom stereocenters. The number of hydrogen-bond donors (Lipinski definition) is 0. The molecule has 0 amide bonds. The molecule has 0 saturated carbocycles. The van der Waals surface area contributed by atoms with Crippen LogP contribution in [0, 0.1) is 7.05 Å². The van der Waals surface area contributed by atoms with Gasteiger partial charge in [-0.3, -0.25) is 11.9 Å². The van der Waals surface area contributed by atoms with Crippen molar-refractivity contribution in [2.45, 2.75) is 18.9 Å². The summed E-state index contributed by atoms with van der Waals surface area (Å²) in [6.07, 6.45) is 2.80. The average Bonchev–Trinajstić information content (AvgIpc) is 2.33. The zero-order valence-corrected chi connectivity index (χ0v) is 6.42. The van der Waals surface area contributed by atoms with Crippen LogP contribution in [-0.4, -0.2) is 42.0 Å². The minimum absolute atomic E-state index is 0.839. The van der Waals surface area contributed by atoms with Gasteiger partial charge in [-0.25, -0.2) is 0 Å².